The maximum atomic E-state index is 15.1. The summed E-state index contributed by atoms with van der Waals surface area (Å²) in [7, 11) is -3.07. The second-order valence-electron chi connectivity index (χ2n) is 8.91. The number of fused-ring (bicyclic) bond motifs is 1. The number of pyridine rings is 1. The van der Waals surface area contributed by atoms with Crippen molar-refractivity contribution >= 4 is 26.6 Å². The number of aromatic nitrogens is 3. The normalized spacial score (nSPS) is 24.0. The quantitative estimate of drug-likeness (QED) is 0.579. The van der Waals surface area contributed by atoms with E-state index in [0.29, 0.717) is 24.4 Å². The molecule has 1 aromatic carbocycles. The van der Waals surface area contributed by atoms with Crippen LogP contribution in [0.4, 0.5) is 10.2 Å². The molecular weight excluding hydrogens is 431 g/mol. The third-order valence-corrected chi connectivity index (χ3v) is 7.56. The number of benzene rings is 1. The van der Waals surface area contributed by atoms with Gasteiger partial charge in [0.25, 0.3) is 0 Å². The molecule has 0 radical (unpaired) electrons. The number of hydrogen-bond acceptors (Lipinski definition) is 6. The number of rotatable bonds is 5. The first kappa shape index (κ1) is 21.3. The van der Waals surface area contributed by atoms with Crippen LogP contribution in [0.2, 0.25) is 0 Å². The summed E-state index contributed by atoms with van der Waals surface area (Å²) >= 11 is 0. The lowest BCUT2D eigenvalue weighted by atomic mass is 9.91. The summed E-state index contributed by atoms with van der Waals surface area (Å²) in [4.78, 5) is 6.23. The molecule has 7 nitrogen and oxygen atoms in total. The Hall–Kier alpha value is -2.52. The zero-order chi connectivity index (χ0) is 22.5. The van der Waals surface area contributed by atoms with Crippen molar-refractivity contribution in [1.82, 2.24) is 14.8 Å². The standard InChI is InChI=1S/C23H27FN4O3S/c1-15-17(14-32(2,29)30)13-27(15)23-19(24)11-16(12-25-23)22-18-7-3-4-8-20(18)28(26-22)21-9-5-6-10-31-21/h3-4,7-8,11-12,15,17,21H,5-6,9-10,13-14H2,1-2H3/t15-,17-,21?/m0/s1. The van der Waals surface area contributed by atoms with Crippen LogP contribution in [0.25, 0.3) is 22.2 Å². The minimum Gasteiger partial charge on any atom is -0.356 e. The average Bonchev–Trinajstić information content (AvgIpc) is 3.16. The molecule has 0 amide bonds. The minimum absolute atomic E-state index is 0.0130. The fourth-order valence-electron chi connectivity index (χ4n) is 4.76. The first-order chi connectivity index (χ1) is 15.3. The van der Waals surface area contributed by atoms with Crippen molar-refractivity contribution in [3.05, 3.63) is 42.3 Å². The Morgan fingerprint density at radius 2 is 2.06 bits per heavy atom. The molecule has 0 N–H and O–H groups in total. The van der Waals surface area contributed by atoms with Crippen molar-refractivity contribution in [3.8, 4) is 11.3 Å². The molecule has 2 aliphatic rings. The zero-order valence-electron chi connectivity index (χ0n) is 18.2. The molecule has 3 aromatic rings. The second-order valence-corrected chi connectivity index (χ2v) is 11.1. The van der Waals surface area contributed by atoms with Crippen molar-refractivity contribution < 1.29 is 17.5 Å². The zero-order valence-corrected chi connectivity index (χ0v) is 19.1. The summed E-state index contributed by atoms with van der Waals surface area (Å²) in [5, 5.41) is 5.74. The SMILES string of the molecule is C[C@H]1[C@H](CS(C)(=O)=O)CN1c1ncc(-c2nn(C3CCCCO3)c3ccccc23)cc1F. The summed E-state index contributed by atoms with van der Waals surface area (Å²) in [5.74, 6) is -0.0807. The van der Waals surface area contributed by atoms with Gasteiger partial charge in [0.1, 0.15) is 15.5 Å². The van der Waals surface area contributed by atoms with Gasteiger partial charge in [0, 0.05) is 48.5 Å². The molecule has 9 heteroatoms. The maximum Gasteiger partial charge on any atom is 0.166 e. The fraction of sp³-hybridized carbons (Fsp3) is 0.478. The van der Waals surface area contributed by atoms with Gasteiger partial charge in [-0.2, -0.15) is 5.10 Å². The van der Waals surface area contributed by atoms with E-state index in [0.717, 1.165) is 30.2 Å². The van der Waals surface area contributed by atoms with E-state index in [1.165, 1.54) is 12.3 Å². The average molecular weight is 459 g/mol. The van der Waals surface area contributed by atoms with Gasteiger partial charge in [-0.15, -0.1) is 0 Å². The van der Waals surface area contributed by atoms with Crippen molar-refractivity contribution in [1.29, 1.82) is 0 Å². The molecule has 0 bridgehead atoms. The highest BCUT2D eigenvalue weighted by atomic mass is 32.2. The molecule has 5 rings (SSSR count). The first-order valence-corrected chi connectivity index (χ1v) is 13.1. The lowest BCUT2D eigenvalue weighted by Gasteiger charge is -2.47. The molecule has 2 fully saturated rings. The van der Waals surface area contributed by atoms with E-state index in [1.54, 1.807) is 6.20 Å². The van der Waals surface area contributed by atoms with Crippen molar-refractivity contribution in [2.24, 2.45) is 5.92 Å². The highest BCUT2D eigenvalue weighted by Gasteiger charge is 2.39. The smallest absolute Gasteiger partial charge is 0.166 e. The number of sulfone groups is 1. The third kappa shape index (κ3) is 3.88. The molecule has 0 saturated carbocycles. The Kier molecular flexibility index (Phi) is 5.41. The highest BCUT2D eigenvalue weighted by molar-refractivity contribution is 7.90. The summed E-state index contributed by atoms with van der Waals surface area (Å²) in [6.45, 7) is 3.11. The van der Waals surface area contributed by atoms with Gasteiger partial charge in [-0.05, 0) is 38.3 Å². The molecule has 0 aliphatic carbocycles. The van der Waals surface area contributed by atoms with E-state index in [1.807, 2.05) is 40.8 Å². The third-order valence-electron chi connectivity index (χ3n) is 6.53. The molecule has 32 heavy (non-hydrogen) atoms. The van der Waals surface area contributed by atoms with Gasteiger partial charge in [-0.25, -0.2) is 22.5 Å². The largest absolute Gasteiger partial charge is 0.356 e. The van der Waals surface area contributed by atoms with E-state index in [9.17, 15) is 8.42 Å². The topological polar surface area (TPSA) is 77.3 Å². The maximum absolute atomic E-state index is 15.1. The molecular formula is C23H27FN4O3S. The Morgan fingerprint density at radius 3 is 2.75 bits per heavy atom. The number of anilines is 1. The molecule has 0 spiro atoms. The van der Waals surface area contributed by atoms with Crippen molar-refractivity contribution in [2.45, 2.75) is 38.5 Å². The molecule has 4 heterocycles. The molecule has 170 valence electrons. The number of halogens is 1. The predicted molar refractivity (Wildman–Crippen MR) is 122 cm³/mol. The minimum atomic E-state index is -3.07. The Morgan fingerprint density at radius 1 is 1.25 bits per heavy atom. The Bertz CT molecular complexity index is 1250. The summed E-state index contributed by atoms with van der Waals surface area (Å²) in [6.07, 6.45) is 5.81. The van der Waals surface area contributed by atoms with Crippen LogP contribution in [-0.2, 0) is 14.6 Å². The number of nitrogens with zero attached hydrogens (tertiary/aromatic N) is 4. The van der Waals surface area contributed by atoms with Crippen LogP contribution < -0.4 is 4.90 Å². The van der Waals surface area contributed by atoms with Crippen molar-refractivity contribution in [3.63, 3.8) is 0 Å². The first-order valence-electron chi connectivity index (χ1n) is 11.0. The van der Waals surface area contributed by atoms with E-state index in [-0.39, 0.29) is 29.8 Å². The molecule has 1 unspecified atom stereocenters. The monoisotopic (exact) mass is 458 g/mol. The number of hydrogen-bond donors (Lipinski definition) is 0. The van der Waals surface area contributed by atoms with Crippen LogP contribution in [0.15, 0.2) is 36.5 Å². The molecule has 3 atom stereocenters. The van der Waals surface area contributed by atoms with E-state index in [2.05, 4.69) is 4.98 Å². The van der Waals surface area contributed by atoms with E-state index in [4.69, 9.17) is 9.84 Å². The van der Waals surface area contributed by atoms with Crippen LogP contribution in [0.5, 0.6) is 0 Å². The van der Waals surface area contributed by atoms with Crippen LogP contribution in [0.3, 0.4) is 0 Å². The van der Waals surface area contributed by atoms with Gasteiger partial charge in [0.05, 0.1) is 11.3 Å². The van der Waals surface area contributed by atoms with Gasteiger partial charge in [0.15, 0.2) is 17.9 Å². The van der Waals surface area contributed by atoms with Gasteiger partial charge in [-0.1, -0.05) is 18.2 Å². The molecule has 2 aromatic heterocycles. The van der Waals surface area contributed by atoms with Gasteiger partial charge < -0.3 is 9.64 Å². The summed E-state index contributed by atoms with van der Waals surface area (Å²) < 4.78 is 46.1. The van der Waals surface area contributed by atoms with E-state index >= 15 is 4.39 Å². The van der Waals surface area contributed by atoms with Crippen LogP contribution >= 0.6 is 0 Å². The van der Waals surface area contributed by atoms with Gasteiger partial charge in [-0.3, -0.25) is 0 Å². The fourth-order valence-corrected chi connectivity index (χ4v) is 5.92. The Balaban J connectivity index is 1.45. The van der Waals surface area contributed by atoms with Crippen LogP contribution in [0.1, 0.15) is 32.4 Å². The van der Waals surface area contributed by atoms with Gasteiger partial charge in [0.2, 0.25) is 0 Å². The number of ether oxygens (including phenoxy) is 1. The van der Waals surface area contributed by atoms with Crippen molar-refractivity contribution in [2.75, 3.05) is 30.1 Å². The molecule has 2 saturated heterocycles. The predicted octanol–water partition coefficient (Wildman–Crippen LogP) is 3.81. The van der Waals surface area contributed by atoms with Crippen LogP contribution in [-0.4, -0.2) is 54.4 Å². The van der Waals surface area contributed by atoms with E-state index < -0.39 is 15.7 Å². The van der Waals surface area contributed by atoms with Gasteiger partial charge >= 0.3 is 0 Å². The lowest BCUT2D eigenvalue weighted by molar-refractivity contribution is -0.0365. The second kappa shape index (κ2) is 8.12. The molecule has 2 aliphatic heterocycles. The summed E-state index contributed by atoms with van der Waals surface area (Å²) in [5.41, 5.74) is 2.25. The van der Waals surface area contributed by atoms with Crippen LogP contribution in [0, 0.1) is 11.7 Å². The number of para-hydroxylation sites is 1. The summed E-state index contributed by atoms with van der Waals surface area (Å²) in [6, 6.07) is 9.29. The highest BCUT2D eigenvalue weighted by Crippen LogP contribution is 2.36. The lowest BCUT2D eigenvalue weighted by Crippen LogP contribution is -2.57. The Labute approximate surface area is 187 Å².